The van der Waals surface area contributed by atoms with Gasteiger partial charge in [-0.1, -0.05) is 24.4 Å². The number of aromatic nitrogens is 2. The molecule has 1 N–H and O–H groups in total. The highest BCUT2D eigenvalue weighted by molar-refractivity contribution is 4.94. The van der Waals surface area contributed by atoms with Crippen molar-refractivity contribution in [3.8, 4) is 0 Å². The predicted molar refractivity (Wildman–Crippen MR) is 66.1 cm³/mol. The zero-order valence-corrected chi connectivity index (χ0v) is 10.7. The molecule has 3 rings (SSSR count). The summed E-state index contributed by atoms with van der Waals surface area (Å²) in [6, 6.07) is 0. The molecule has 5 nitrogen and oxygen atoms in total. The Bertz CT molecular complexity index is 368. The Morgan fingerprint density at radius 3 is 2.89 bits per heavy atom. The Balaban J connectivity index is 1.58. The topological polar surface area (TPSA) is 60.2 Å². The van der Waals surface area contributed by atoms with Gasteiger partial charge in [-0.3, -0.25) is 0 Å². The van der Waals surface area contributed by atoms with Gasteiger partial charge in [-0.05, 0) is 18.8 Å². The third-order valence-corrected chi connectivity index (χ3v) is 3.89. The number of nitrogens with one attached hydrogen (secondary N) is 1. The summed E-state index contributed by atoms with van der Waals surface area (Å²) in [4.78, 5) is 4.49. The number of rotatable bonds is 3. The van der Waals surface area contributed by atoms with Crippen molar-refractivity contribution >= 4 is 0 Å². The fraction of sp³-hybridized carbons (Fsp3) is 0.846. The van der Waals surface area contributed by atoms with Crippen molar-refractivity contribution in [3.63, 3.8) is 0 Å². The molecule has 1 saturated heterocycles. The fourth-order valence-corrected chi connectivity index (χ4v) is 2.85. The van der Waals surface area contributed by atoms with E-state index in [9.17, 15) is 0 Å². The van der Waals surface area contributed by atoms with Crippen molar-refractivity contribution in [1.29, 1.82) is 0 Å². The molecule has 0 amide bonds. The molecule has 1 aliphatic carbocycles. The molecule has 18 heavy (non-hydrogen) atoms. The van der Waals surface area contributed by atoms with E-state index in [1.807, 2.05) is 0 Å². The van der Waals surface area contributed by atoms with Gasteiger partial charge in [0.25, 0.3) is 0 Å². The Labute approximate surface area is 107 Å². The standard InChI is InChI=1S/C13H21N3O2/c1-2-4-10(5-3-1)8-12-15-13(16-18-12)11-9-14-6-7-17-11/h10-11,14H,1-9H2. The minimum atomic E-state index is -0.0393. The molecule has 1 unspecified atom stereocenters. The first-order valence-corrected chi connectivity index (χ1v) is 7.06. The molecule has 0 spiro atoms. The summed E-state index contributed by atoms with van der Waals surface area (Å²) in [5.74, 6) is 2.22. The Morgan fingerprint density at radius 1 is 1.22 bits per heavy atom. The quantitative estimate of drug-likeness (QED) is 0.888. The molecule has 2 aliphatic rings. The lowest BCUT2D eigenvalue weighted by atomic mass is 9.87. The molecular weight excluding hydrogens is 230 g/mol. The lowest BCUT2D eigenvalue weighted by molar-refractivity contribution is 0.0208. The second-order valence-corrected chi connectivity index (χ2v) is 5.32. The summed E-state index contributed by atoms with van der Waals surface area (Å²) in [5.41, 5.74) is 0. The maximum Gasteiger partial charge on any atom is 0.227 e. The second-order valence-electron chi connectivity index (χ2n) is 5.32. The minimum Gasteiger partial charge on any atom is -0.367 e. The molecule has 1 saturated carbocycles. The summed E-state index contributed by atoms with van der Waals surface area (Å²) < 4.78 is 11.0. The van der Waals surface area contributed by atoms with Gasteiger partial charge >= 0.3 is 0 Å². The highest BCUT2D eigenvalue weighted by Gasteiger charge is 2.23. The molecule has 1 aliphatic heterocycles. The van der Waals surface area contributed by atoms with Crippen molar-refractivity contribution in [1.82, 2.24) is 15.5 Å². The van der Waals surface area contributed by atoms with E-state index in [0.717, 1.165) is 37.9 Å². The average Bonchev–Trinajstić information content (AvgIpc) is 2.89. The lowest BCUT2D eigenvalue weighted by Gasteiger charge is -2.20. The van der Waals surface area contributed by atoms with Gasteiger partial charge in [0, 0.05) is 19.5 Å². The molecule has 100 valence electrons. The van der Waals surface area contributed by atoms with Gasteiger partial charge in [-0.2, -0.15) is 4.98 Å². The van der Waals surface area contributed by atoms with Crippen LogP contribution < -0.4 is 5.32 Å². The largest absolute Gasteiger partial charge is 0.367 e. The Hall–Kier alpha value is -0.940. The molecule has 2 heterocycles. The van der Waals surface area contributed by atoms with E-state index in [2.05, 4.69) is 15.5 Å². The summed E-state index contributed by atoms with van der Waals surface area (Å²) in [7, 11) is 0. The zero-order valence-electron chi connectivity index (χ0n) is 10.7. The van der Waals surface area contributed by atoms with Crippen LogP contribution in [0.3, 0.4) is 0 Å². The van der Waals surface area contributed by atoms with Gasteiger partial charge in [-0.15, -0.1) is 0 Å². The Kier molecular flexibility index (Phi) is 3.90. The lowest BCUT2D eigenvalue weighted by Crippen LogP contribution is -2.33. The van der Waals surface area contributed by atoms with E-state index in [1.165, 1.54) is 32.1 Å². The minimum absolute atomic E-state index is 0.0393. The van der Waals surface area contributed by atoms with Crippen molar-refractivity contribution in [2.75, 3.05) is 19.7 Å². The summed E-state index contributed by atoms with van der Waals surface area (Å²) >= 11 is 0. The molecule has 2 fully saturated rings. The van der Waals surface area contributed by atoms with Crippen LogP contribution in [0.4, 0.5) is 0 Å². The SMILES string of the molecule is C1CCC(Cc2nc(C3CNCCO3)no2)CC1. The zero-order chi connectivity index (χ0) is 12.2. The first-order chi connectivity index (χ1) is 8.92. The van der Waals surface area contributed by atoms with Crippen LogP contribution in [-0.2, 0) is 11.2 Å². The van der Waals surface area contributed by atoms with E-state index in [4.69, 9.17) is 9.26 Å². The fourth-order valence-electron chi connectivity index (χ4n) is 2.85. The van der Waals surface area contributed by atoms with E-state index in [-0.39, 0.29) is 6.10 Å². The molecule has 1 aromatic rings. The third-order valence-electron chi connectivity index (χ3n) is 3.89. The first-order valence-electron chi connectivity index (χ1n) is 7.06. The maximum absolute atomic E-state index is 5.62. The first kappa shape index (κ1) is 12.1. The number of nitrogens with zero attached hydrogens (tertiary/aromatic N) is 2. The highest BCUT2D eigenvalue weighted by Crippen LogP contribution is 2.26. The molecule has 1 atom stereocenters. The third kappa shape index (κ3) is 2.90. The number of ether oxygens (including phenoxy) is 1. The van der Waals surface area contributed by atoms with Gasteiger partial charge in [0.2, 0.25) is 11.7 Å². The normalized spacial score (nSPS) is 26.3. The molecular formula is C13H21N3O2. The second kappa shape index (κ2) is 5.80. The van der Waals surface area contributed by atoms with Gasteiger partial charge in [0.05, 0.1) is 6.61 Å². The number of hydrogen-bond donors (Lipinski definition) is 1. The van der Waals surface area contributed by atoms with E-state index >= 15 is 0 Å². The van der Waals surface area contributed by atoms with Crippen LogP contribution in [0.5, 0.6) is 0 Å². The van der Waals surface area contributed by atoms with Crippen molar-refractivity contribution in [2.24, 2.45) is 5.92 Å². The van der Waals surface area contributed by atoms with Crippen LogP contribution in [0, 0.1) is 5.92 Å². The van der Waals surface area contributed by atoms with Gasteiger partial charge < -0.3 is 14.6 Å². The van der Waals surface area contributed by atoms with Crippen LogP contribution >= 0.6 is 0 Å². The maximum atomic E-state index is 5.62. The molecule has 0 radical (unpaired) electrons. The number of morpholine rings is 1. The van der Waals surface area contributed by atoms with Crippen LogP contribution in [0.15, 0.2) is 4.52 Å². The van der Waals surface area contributed by atoms with Gasteiger partial charge in [0.1, 0.15) is 6.10 Å². The highest BCUT2D eigenvalue weighted by atomic mass is 16.5. The summed E-state index contributed by atoms with van der Waals surface area (Å²) in [6.07, 6.45) is 7.59. The van der Waals surface area contributed by atoms with Crippen LogP contribution in [0.25, 0.3) is 0 Å². The molecule has 1 aromatic heterocycles. The van der Waals surface area contributed by atoms with Crippen molar-refractivity contribution < 1.29 is 9.26 Å². The van der Waals surface area contributed by atoms with Crippen molar-refractivity contribution in [2.45, 2.75) is 44.6 Å². The van der Waals surface area contributed by atoms with E-state index in [1.54, 1.807) is 0 Å². The molecule has 5 heteroatoms. The smallest absolute Gasteiger partial charge is 0.227 e. The van der Waals surface area contributed by atoms with E-state index < -0.39 is 0 Å². The number of hydrogen-bond acceptors (Lipinski definition) is 5. The van der Waals surface area contributed by atoms with Crippen LogP contribution in [0.1, 0.15) is 49.9 Å². The Morgan fingerprint density at radius 2 is 2.11 bits per heavy atom. The summed E-state index contributed by atoms with van der Waals surface area (Å²) in [5, 5.41) is 7.33. The van der Waals surface area contributed by atoms with Crippen LogP contribution in [-0.4, -0.2) is 29.8 Å². The monoisotopic (exact) mass is 251 g/mol. The average molecular weight is 251 g/mol. The van der Waals surface area contributed by atoms with Gasteiger partial charge in [-0.25, -0.2) is 0 Å². The van der Waals surface area contributed by atoms with Crippen molar-refractivity contribution in [3.05, 3.63) is 11.7 Å². The molecule has 0 bridgehead atoms. The van der Waals surface area contributed by atoms with Crippen LogP contribution in [0.2, 0.25) is 0 Å². The van der Waals surface area contributed by atoms with E-state index in [0.29, 0.717) is 5.82 Å². The van der Waals surface area contributed by atoms with Gasteiger partial charge in [0.15, 0.2) is 0 Å². The molecule has 0 aromatic carbocycles. The predicted octanol–water partition coefficient (Wildman–Crippen LogP) is 1.85. The summed E-state index contributed by atoms with van der Waals surface area (Å²) in [6.45, 7) is 2.41.